The Morgan fingerprint density at radius 3 is 2.39 bits per heavy atom. The normalized spacial score (nSPS) is 15.8. The van der Waals surface area contributed by atoms with Gasteiger partial charge in [0, 0.05) is 0 Å². The van der Waals surface area contributed by atoms with E-state index < -0.39 is 18.4 Å². The molecule has 2 rings (SSSR count). The van der Waals surface area contributed by atoms with Crippen molar-refractivity contribution in [3.8, 4) is 5.75 Å². The number of alkyl halides is 2. The van der Waals surface area contributed by atoms with Crippen molar-refractivity contribution < 1.29 is 23.1 Å². The van der Waals surface area contributed by atoms with E-state index >= 15 is 0 Å². The van der Waals surface area contributed by atoms with Crippen molar-refractivity contribution in [2.75, 3.05) is 18.0 Å². The summed E-state index contributed by atoms with van der Waals surface area (Å²) in [6.07, 6.45) is 0. The first-order chi connectivity index (χ1) is 8.56. The van der Waals surface area contributed by atoms with Crippen LogP contribution in [-0.4, -0.2) is 31.5 Å². The number of ether oxygens (including phenoxy) is 1. The highest BCUT2D eigenvalue weighted by atomic mass is 19.3. The quantitative estimate of drug-likeness (QED) is 0.811. The minimum Gasteiger partial charge on any atom is -0.433 e. The molecule has 1 heterocycles. The van der Waals surface area contributed by atoms with Gasteiger partial charge >= 0.3 is 6.61 Å². The zero-order valence-corrected chi connectivity index (χ0v) is 9.23. The number of para-hydroxylation sites is 2. The highest BCUT2D eigenvalue weighted by Gasteiger charge is 2.25. The van der Waals surface area contributed by atoms with Gasteiger partial charge in [0.15, 0.2) is 0 Å². The molecule has 1 saturated heterocycles. The van der Waals surface area contributed by atoms with E-state index in [0.717, 1.165) is 0 Å². The summed E-state index contributed by atoms with van der Waals surface area (Å²) < 4.78 is 28.8. The Hall–Kier alpha value is -2.18. The van der Waals surface area contributed by atoms with E-state index in [4.69, 9.17) is 0 Å². The second-order valence-electron chi connectivity index (χ2n) is 3.67. The second-order valence-corrected chi connectivity index (χ2v) is 3.67. The van der Waals surface area contributed by atoms with Crippen LogP contribution >= 0.6 is 0 Å². The van der Waals surface area contributed by atoms with Gasteiger partial charge in [0.1, 0.15) is 5.75 Å². The first kappa shape index (κ1) is 12.3. The van der Waals surface area contributed by atoms with Crippen LogP contribution in [0.5, 0.6) is 5.75 Å². The molecule has 0 saturated carbocycles. The fraction of sp³-hybridized carbons (Fsp3) is 0.273. The number of benzene rings is 1. The summed E-state index contributed by atoms with van der Waals surface area (Å²) in [4.78, 5) is 23.8. The van der Waals surface area contributed by atoms with Gasteiger partial charge in [0.05, 0.1) is 18.8 Å². The summed E-state index contributed by atoms with van der Waals surface area (Å²) in [5.74, 6) is -1.01. The molecular formula is C11H10F2N2O3. The number of nitrogens with zero attached hydrogens (tertiary/aromatic N) is 1. The Bertz CT molecular complexity index is 463. The van der Waals surface area contributed by atoms with Gasteiger partial charge in [-0.15, -0.1) is 0 Å². The predicted molar refractivity (Wildman–Crippen MR) is 58.4 cm³/mol. The Morgan fingerprint density at radius 2 is 1.78 bits per heavy atom. The maximum Gasteiger partial charge on any atom is 0.387 e. The Kier molecular flexibility index (Phi) is 3.40. The molecule has 1 aromatic rings. The molecular weight excluding hydrogens is 246 g/mol. The van der Waals surface area contributed by atoms with Crippen molar-refractivity contribution in [2.45, 2.75) is 6.61 Å². The molecule has 1 aliphatic rings. The average molecular weight is 256 g/mol. The van der Waals surface area contributed by atoms with Crippen LogP contribution in [0.3, 0.4) is 0 Å². The topological polar surface area (TPSA) is 58.6 Å². The molecule has 96 valence electrons. The van der Waals surface area contributed by atoms with Crippen molar-refractivity contribution in [1.29, 1.82) is 0 Å². The van der Waals surface area contributed by atoms with Crippen molar-refractivity contribution >= 4 is 17.5 Å². The highest BCUT2D eigenvalue weighted by molar-refractivity contribution is 6.02. The SMILES string of the molecule is O=C1CN(c2ccccc2OC(F)F)CC(=O)N1. The molecule has 0 aliphatic carbocycles. The summed E-state index contributed by atoms with van der Waals surface area (Å²) in [6, 6.07) is 6.03. The summed E-state index contributed by atoms with van der Waals surface area (Å²) in [7, 11) is 0. The number of halogens is 2. The Balaban J connectivity index is 2.26. The number of imide groups is 1. The standard InChI is InChI=1S/C11H10F2N2O3/c12-11(13)18-8-4-2-1-3-7(8)15-5-9(16)14-10(17)6-15/h1-4,11H,5-6H2,(H,14,16,17). The Morgan fingerprint density at radius 1 is 1.17 bits per heavy atom. The molecule has 7 heteroatoms. The Labute approximate surface area is 101 Å². The van der Waals surface area contributed by atoms with Crippen molar-refractivity contribution in [3.63, 3.8) is 0 Å². The van der Waals surface area contributed by atoms with Gasteiger partial charge in [0.2, 0.25) is 11.8 Å². The molecule has 0 spiro atoms. The third-order valence-electron chi connectivity index (χ3n) is 2.37. The third-order valence-corrected chi connectivity index (χ3v) is 2.37. The number of nitrogens with one attached hydrogen (secondary N) is 1. The summed E-state index contributed by atoms with van der Waals surface area (Å²) in [5.41, 5.74) is 0.293. The highest BCUT2D eigenvalue weighted by Crippen LogP contribution is 2.29. The van der Waals surface area contributed by atoms with Crippen LogP contribution in [-0.2, 0) is 9.59 Å². The number of carbonyl (C=O) groups excluding carboxylic acids is 2. The minimum atomic E-state index is -2.96. The average Bonchev–Trinajstić information content (AvgIpc) is 2.27. The molecule has 1 aromatic carbocycles. The van der Waals surface area contributed by atoms with E-state index in [9.17, 15) is 18.4 Å². The smallest absolute Gasteiger partial charge is 0.387 e. The summed E-state index contributed by atoms with van der Waals surface area (Å²) in [6.45, 7) is -3.11. The fourth-order valence-electron chi connectivity index (χ4n) is 1.72. The predicted octanol–water partition coefficient (Wildman–Crippen LogP) is 0.751. The van der Waals surface area contributed by atoms with Crippen LogP contribution in [0.2, 0.25) is 0 Å². The van der Waals surface area contributed by atoms with Gasteiger partial charge in [-0.25, -0.2) is 0 Å². The molecule has 1 N–H and O–H groups in total. The van der Waals surface area contributed by atoms with Crippen LogP contribution in [0.15, 0.2) is 24.3 Å². The van der Waals surface area contributed by atoms with Gasteiger partial charge in [-0.1, -0.05) is 12.1 Å². The lowest BCUT2D eigenvalue weighted by atomic mass is 10.2. The largest absolute Gasteiger partial charge is 0.433 e. The zero-order valence-electron chi connectivity index (χ0n) is 9.23. The van der Waals surface area contributed by atoms with Gasteiger partial charge < -0.3 is 9.64 Å². The molecule has 0 atom stereocenters. The molecule has 1 aliphatic heterocycles. The zero-order chi connectivity index (χ0) is 13.1. The second kappa shape index (κ2) is 4.99. The van der Waals surface area contributed by atoms with Gasteiger partial charge in [-0.05, 0) is 12.1 Å². The lowest BCUT2D eigenvalue weighted by Gasteiger charge is -2.28. The van der Waals surface area contributed by atoms with Crippen LogP contribution in [0.1, 0.15) is 0 Å². The van der Waals surface area contributed by atoms with Gasteiger partial charge in [0.25, 0.3) is 0 Å². The van der Waals surface area contributed by atoms with Gasteiger partial charge in [-0.2, -0.15) is 8.78 Å². The monoisotopic (exact) mass is 256 g/mol. The molecule has 18 heavy (non-hydrogen) atoms. The van der Waals surface area contributed by atoms with E-state index in [2.05, 4.69) is 10.1 Å². The summed E-state index contributed by atoms with van der Waals surface area (Å²) >= 11 is 0. The fourth-order valence-corrected chi connectivity index (χ4v) is 1.72. The first-order valence-corrected chi connectivity index (χ1v) is 5.18. The lowest BCUT2D eigenvalue weighted by molar-refractivity contribution is -0.130. The number of anilines is 1. The molecule has 5 nitrogen and oxygen atoms in total. The van der Waals surface area contributed by atoms with E-state index in [0.29, 0.717) is 5.69 Å². The van der Waals surface area contributed by atoms with Crippen molar-refractivity contribution in [3.05, 3.63) is 24.3 Å². The molecule has 0 bridgehead atoms. The molecule has 0 aromatic heterocycles. The maximum absolute atomic E-state index is 12.2. The third kappa shape index (κ3) is 2.73. The molecule has 0 radical (unpaired) electrons. The maximum atomic E-state index is 12.2. The lowest BCUT2D eigenvalue weighted by Crippen LogP contribution is -2.51. The van der Waals surface area contributed by atoms with Crippen molar-refractivity contribution in [1.82, 2.24) is 5.32 Å². The van der Waals surface area contributed by atoms with E-state index in [1.165, 1.54) is 23.1 Å². The van der Waals surface area contributed by atoms with Gasteiger partial charge in [-0.3, -0.25) is 14.9 Å². The van der Waals surface area contributed by atoms with Crippen LogP contribution in [0.25, 0.3) is 0 Å². The van der Waals surface area contributed by atoms with Crippen LogP contribution < -0.4 is 15.0 Å². The number of carbonyl (C=O) groups is 2. The van der Waals surface area contributed by atoms with Crippen LogP contribution in [0, 0.1) is 0 Å². The van der Waals surface area contributed by atoms with E-state index in [1.807, 2.05) is 0 Å². The minimum absolute atomic E-state index is 0.0602. The number of amides is 2. The first-order valence-electron chi connectivity index (χ1n) is 5.18. The number of hydrogen-bond acceptors (Lipinski definition) is 4. The summed E-state index contributed by atoms with van der Waals surface area (Å²) in [5, 5.41) is 2.13. The number of piperazine rings is 1. The van der Waals surface area contributed by atoms with E-state index in [1.54, 1.807) is 6.07 Å². The number of rotatable bonds is 3. The van der Waals surface area contributed by atoms with E-state index in [-0.39, 0.29) is 18.8 Å². The van der Waals surface area contributed by atoms with Crippen LogP contribution in [0.4, 0.5) is 14.5 Å². The molecule has 2 amide bonds. The number of hydrogen-bond donors (Lipinski definition) is 1. The van der Waals surface area contributed by atoms with Crippen molar-refractivity contribution in [2.24, 2.45) is 0 Å². The molecule has 1 fully saturated rings. The molecule has 0 unspecified atom stereocenters.